The molecule has 0 spiro atoms. The van der Waals surface area contributed by atoms with Crippen LogP contribution in [0.2, 0.25) is 0 Å². The lowest BCUT2D eigenvalue weighted by atomic mass is 9.82. The minimum Gasteiger partial charge on any atom is -0.342 e. The predicted octanol–water partition coefficient (Wildman–Crippen LogP) is 3.02. The minimum absolute atomic E-state index is 0.00754. The Morgan fingerprint density at radius 2 is 1.90 bits per heavy atom. The summed E-state index contributed by atoms with van der Waals surface area (Å²) in [7, 11) is 0. The maximum Gasteiger partial charge on any atom is 0.240 e. The fraction of sp³-hybridized carbons (Fsp3) is 0.529. The molecule has 1 atom stereocenters. The zero-order chi connectivity index (χ0) is 14.6. The van der Waals surface area contributed by atoms with Crippen molar-refractivity contribution in [3.8, 4) is 6.07 Å². The summed E-state index contributed by atoms with van der Waals surface area (Å²) in [5, 5.41) is 9.29. The Kier molecular flexibility index (Phi) is 4.44. The second-order valence-corrected chi connectivity index (χ2v) is 6.36. The summed E-state index contributed by atoms with van der Waals surface area (Å²) in [6.07, 6.45) is 2.54. The average molecular weight is 270 g/mol. The Balaban J connectivity index is 1.98. The van der Waals surface area contributed by atoms with Crippen molar-refractivity contribution in [2.24, 2.45) is 11.3 Å². The summed E-state index contributed by atoms with van der Waals surface area (Å²) < 4.78 is 0. The summed E-state index contributed by atoms with van der Waals surface area (Å²) in [5.74, 6) is -0.564. The topological polar surface area (TPSA) is 44.1 Å². The maximum absolute atomic E-state index is 12.4. The van der Waals surface area contributed by atoms with Crippen molar-refractivity contribution in [3.63, 3.8) is 0 Å². The first-order valence-corrected chi connectivity index (χ1v) is 7.24. The molecule has 1 aromatic carbocycles. The maximum atomic E-state index is 12.4. The van der Waals surface area contributed by atoms with E-state index >= 15 is 0 Å². The SMILES string of the molecule is CC1(C)CCN(C(=O)C(C#N)Cc2ccccc2)CC1. The van der Waals surface area contributed by atoms with Gasteiger partial charge in [-0.3, -0.25) is 4.79 Å². The van der Waals surface area contributed by atoms with Gasteiger partial charge in [-0.1, -0.05) is 44.2 Å². The lowest BCUT2D eigenvalue weighted by Crippen LogP contribution is -2.44. The molecule has 0 N–H and O–H groups in total. The van der Waals surface area contributed by atoms with E-state index in [-0.39, 0.29) is 5.91 Å². The van der Waals surface area contributed by atoms with Crippen LogP contribution in [0.15, 0.2) is 30.3 Å². The van der Waals surface area contributed by atoms with Gasteiger partial charge in [0.1, 0.15) is 5.92 Å². The van der Waals surface area contributed by atoms with Crippen molar-refractivity contribution in [2.45, 2.75) is 33.1 Å². The zero-order valence-corrected chi connectivity index (χ0v) is 12.3. The molecule has 1 fully saturated rings. The standard InChI is InChI=1S/C17H22N2O/c1-17(2)8-10-19(11-9-17)16(20)15(13-18)12-14-6-4-3-5-7-14/h3-7,15H,8-12H2,1-2H3. The monoisotopic (exact) mass is 270 g/mol. The molecular weight excluding hydrogens is 248 g/mol. The van der Waals surface area contributed by atoms with E-state index in [1.54, 1.807) is 0 Å². The number of benzene rings is 1. The number of nitriles is 1. The highest BCUT2D eigenvalue weighted by Crippen LogP contribution is 2.30. The third kappa shape index (κ3) is 3.60. The Morgan fingerprint density at radius 1 is 1.30 bits per heavy atom. The van der Waals surface area contributed by atoms with Crippen LogP contribution in [0.5, 0.6) is 0 Å². The van der Waals surface area contributed by atoms with Crippen LogP contribution < -0.4 is 0 Å². The van der Waals surface area contributed by atoms with Gasteiger partial charge in [0.2, 0.25) is 5.91 Å². The molecule has 106 valence electrons. The summed E-state index contributed by atoms with van der Waals surface area (Å²) in [5.41, 5.74) is 1.36. The molecule has 0 bridgehead atoms. The fourth-order valence-electron chi connectivity index (χ4n) is 2.59. The molecule has 1 amide bonds. The van der Waals surface area contributed by atoms with Crippen LogP contribution >= 0.6 is 0 Å². The summed E-state index contributed by atoms with van der Waals surface area (Å²) in [6.45, 7) is 6.03. The van der Waals surface area contributed by atoms with Gasteiger partial charge in [0, 0.05) is 13.1 Å². The van der Waals surface area contributed by atoms with E-state index in [2.05, 4.69) is 19.9 Å². The molecule has 1 heterocycles. The number of carbonyl (C=O) groups excluding carboxylic acids is 1. The van der Waals surface area contributed by atoms with Crippen molar-refractivity contribution in [1.29, 1.82) is 5.26 Å². The number of hydrogen-bond donors (Lipinski definition) is 0. The number of amides is 1. The summed E-state index contributed by atoms with van der Waals surface area (Å²) >= 11 is 0. The highest BCUT2D eigenvalue weighted by Gasteiger charge is 2.31. The van der Waals surface area contributed by atoms with Crippen LogP contribution in [0.4, 0.5) is 0 Å². The molecule has 0 radical (unpaired) electrons. The number of hydrogen-bond acceptors (Lipinski definition) is 2. The Hall–Kier alpha value is -1.82. The van der Waals surface area contributed by atoms with Crippen LogP contribution in [0.3, 0.4) is 0 Å². The highest BCUT2D eigenvalue weighted by atomic mass is 16.2. The molecule has 3 nitrogen and oxygen atoms in total. The van der Waals surface area contributed by atoms with Gasteiger partial charge >= 0.3 is 0 Å². The van der Waals surface area contributed by atoms with Crippen LogP contribution in [-0.4, -0.2) is 23.9 Å². The van der Waals surface area contributed by atoms with E-state index in [4.69, 9.17) is 0 Å². The average Bonchev–Trinajstić information content (AvgIpc) is 2.45. The Morgan fingerprint density at radius 3 is 2.45 bits per heavy atom. The Labute approximate surface area is 121 Å². The van der Waals surface area contributed by atoms with E-state index in [0.717, 1.165) is 31.5 Å². The van der Waals surface area contributed by atoms with Gasteiger partial charge in [-0.25, -0.2) is 0 Å². The van der Waals surface area contributed by atoms with Gasteiger partial charge < -0.3 is 4.90 Å². The number of carbonyl (C=O) groups is 1. The predicted molar refractivity (Wildman–Crippen MR) is 78.8 cm³/mol. The third-order valence-electron chi connectivity index (χ3n) is 4.17. The molecule has 3 heteroatoms. The molecule has 20 heavy (non-hydrogen) atoms. The summed E-state index contributed by atoms with van der Waals surface area (Å²) in [6, 6.07) is 11.9. The first-order chi connectivity index (χ1) is 9.52. The highest BCUT2D eigenvalue weighted by molar-refractivity contribution is 5.81. The van der Waals surface area contributed by atoms with Gasteiger partial charge in [-0.15, -0.1) is 0 Å². The van der Waals surface area contributed by atoms with Gasteiger partial charge in [0.25, 0.3) is 0 Å². The second kappa shape index (κ2) is 6.09. The quantitative estimate of drug-likeness (QED) is 0.847. The van der Waals surface area contributed by atoms with E-state index in [1.165, 1.54) is 0 Å². The largest absolute Gasteiger partial charge is 0.342 e. The third-order valence-corrected chi connectivity index (χ3v) is 4.17. The van der Waals surface area contributed by atoms with Crippen molar-refractivity contribution in [1.82, 2.24) is 4.90 Å². The van der Waals surface area contributed by atoms with Crippen molar-refractivity contribution in [2.75, 3.05) is 13.1 Å². The molecular formula is C17H22N2O. The van der Waals surface area contributed by atoms with E-state index < -0.39 is 5.92 Å². The van der Waals surface area contributed by atoms with Gasteiger partial charge in [-0.05, 0) is 30.2 Å². The second-order valence-electron chi connectivity index (χ2n) is 6.36. The van der Waals surface area contributed by atoms with Gasteiger partial charge in [0.15, 0.2) is 0 Å². The molecule has 0 aromatic heterocycles. The van der Waals surface area contributed by atoms with E-state index in [9.17, 15) is 10.1 Å². The molecule has 1 saturated heterocycles. The minimum atomic E-state index is -0.557. The fourth-order valence-corrected chi connectivity index (χ4v) is 2.59. The first-order valence-electron chi connectivity index (χ1n) is 7.24. The lowest BCUT2D eigenvalue weighted by Gasteiger charge is -2.37. The number of piperidine rings is 1. The Bertz CT molecular complexity index is 491. The van der Waals surface area contributed by atoms with Crippen LogP contribution in [0.1, 0.15) is 32.3 Å². The normalized spacial score (nSPS) is 19.1. The number of nitrogens with zero attached hydrogens (tertiary/aromatic N) is 2. The zero-order valence-electron chi connectivity index (χ0n) is 12.3. The van der Waals surface area contributed by atoms with Crippen LogP contribution in [0.25, 0.3) is 0 Å². The van der Waals surface area contributed by atoms with Gasteiger partial charge in [0.05, 0.1) is 6.07 Å². The van der Waals surface area contributed by atoms with Crippen LogP contribution in [-0.2, 0) is 11.2 Å². The summed E-state index contributed by atoms with van der Waals surface area (Å²) in [4.78, 5) is 14.3. The lowest BCUT2D eigenvalue weighted by molar-refractivity contribution is -0.135. The number of likely N-dealkylation sites (tertiary alicyclic amines) is 1. The number of rotatable bonds is 3. The van der Waals surface area contributed by atoms with E-state index in [1.807, 2.05) is 35.2 Å². The smallest absolute Gasteiger partial charge is 0.240 e. The van der Waals surface area contributed by atoms with E-state index in [0.29, 0.717) is 11.8 Å². The molecule has 0 aliphatic carbocycles. The molecule has 1 aliphatic heterocycles. The van der Waals surface area contributed by atoms with Crippen molar-refractivity contribution >= 4 is 5.91 Å². The van der Waals surface area contributed by atoms with Crippen molar-refractivity contribution in [3.05, 3.63) is 35.9 Å². The van der Waals surface area contributed by atoms with Crippen LogP contribution in [0, 0.1) is 22.7 Å². The molecule has 1 aromatic rings. The molecule has 1 unspecified atom stereocenters. The molecule has 0 saturated carbocycles. The first kappa shape index (κ1) is 14.6. The van der Waals surface area contributed by atoms with Gasteiger partial charge in [-0.2, -0.15) is 5.26 Å². The van der Waals surface area contributed by atoms with Crippen molar-refractivity contribution < 1.29 is 4.79 Å². The molecule has 1 aliphatic rings. The molecule has 2 rings (SSSR count).